The third-order valence-corrected chi connectivity index (χ3v) is 3.10. The number of hydrogen-bond donors (Lipinski definition) is 1. The first-order chi connectivity index (χ1) is 8.85. The van der Waals surface area contributed by atoms with Crippen molar-refractivity contribution in [1.29, 1.82) is 0 Å². The number of carbonyl (C=O) groups excluding carboxylic acids is 1. The molecule has 0 saturated carbocycles. The summed E-state index contributed by atoms with van der Waals surface area (Å²) in [4.78, 5) is 12.0. The van der Waals surface area contributed by atoms with E-state index in [9.17, 15) is 4.79 Å². The van der Waals surface area contributed by atoms with Crippen LogP contribution in [0.4, 0.5) is 0 Å². The molecule has 3 nitrogen and oxygen atoms in total. The maximum Gasteiger partial charge on any atom is 0.199 e. The number of Topliss-reactive ketones (excluding diaryl/α,β-unsaturated/α-hetero) is 1. The van der Waals surface area contributed by atoms with Gasteiger partial charge in [-0.05, 0) is 38.1 Å². The molecule has 1 heterocycles. The Kier molecular flexibility index (Phi) is 5.57. The summed E-state index contributed by atoms with van der Waals surface area (Å²) < 4.78 is 6.58. The lowest BCUT2D eigenvalue weighted by atomic mass is 9.98. The summed E-state index contributed by atoms with van der Waals surface area (Å²) in [6.07, 6.45) is 0.262. The molecule has 0 amide bonds. The molecule has 0 spiro atoms. The SMILES string of the molecule is CC(C)(N)CC(=O)c1ccc(-c2cccc(Br)c2)o1.Cl. The number of nitrogens with two attached hydrogens (primary N) is 1. The average Bonchev–Trinajstić information content (AvgIpc) is 2.75. The molecule has 0 atom stereocenters. The van der Waals surface area contributed by atoms with Crippen molar-refractivity contribution in [2.24, 2.45) is 5.73 Å². The Labute approximate surface area is 133 Å². The third-order valence-electron chi connectivity index (χ3n) is 2.61. The zero-order chi connectivity index (χ0) is 14.0. The standard InChI is InChI=1S/C15H16BrNO2.ClH/c1-15(2,17)9-12(18)14-7-6-13(19-14)10-4-3-5-11(16)8-10;/h3-8H,9,17H2,1-2H3;1H. The maximum atomic E-state index is 12.0. The van der Waals surface area contributed by atoms with Crippen LogP contribution in [0.2, 0.25) is 0 Å². The van der Waals surface area contributed by atoms with Gasteiger partial charge in [0.2, 0.25) is 0 Å². The Morgan fingerprint density at radius 1 is 1.30 bits per heavy atom. The van der Waals surface area contributed by atoms with Gasteiger partial charge in [-0.1, -0.05) is 28.1 Å². The first-order valence-corrected chi connectivity index (χ1v) is 6.82. The van der Waals surface area contributed by atoms with Crippen LogP contribution in [0.1, 0.15) is 30.8 Å². The molecule has 0 aliphatic rings. The van der Waals surface area contributed by atoms with Gasteiger partial charge in [0.1, 0.15) is 5.76 Å². The predicted octanol–water partition coefficient (Wildman–Crippen LogP) is 4.44. The number of ketones is 1. The summed E-state index contributed by atoms with van der Waals surface area (Å²) in [7, 11) is 0. The Bertz CT molecular complexity index is 602. The van der Waals surface area contributed by atoms with Crippen LogP contribution in [0.25, 0.3) is 11.3 Å². The molecule has 5 heteroatoms. The van der Waals surface area contributed by atoms with Crippen LogP contribution in [-0.4, -0.2) is 11.3 Å². The first kappa shape index (κ1) is 17.0. The normalized spacial score (nSPS) is 11.0. The maximum absolute atomic E-state index is 12.0. The second-order valence-corrected chi connectivity index (χ2v) is 6.18. The number of carbonyl (C=O) groups is 1. The lowest BCUT2D eigenvalue weighted by molar-refractivity contribution is 0.0934. The molecule has 108 valence electrons. The molecule has 20 heavy (non-hydrogen) atoms. The smallest absolute Gasteiger partial charge is 0.199 e. The molecule has 0 unspecified atom stereocenters. The zero-order valence-corrected chi connectivity index (χ0v) is 13.8. The van der Waals surface area contributed by atoms with E-state index in [1.54, 1.807) is 12.1 Å². The number of halogens is 2. The van der Waals surface area contributed by atoms with Crippen molar-refractivity contribution in [3.63, 3.8) is 0 Å². The van der Waals surface area contributed by atoms with Gasteiger partial charge in [0.15, 0.2) is 11.5 Å². The van der Waals surface area contributed by atoms with Crippen molar-refractivity contribution in [2.45, 2.75) is 25.8 Å². The fourth-order valence-corrected chi connectivity index (χ4v) is 2.18. The Hall–Kier alpha value is -1.10. The minimum absolute atomic E-state index is 0. The molecule has 2 rings (SSSR count). The van der Waals surface area contributed by atoms with Crippen LogP contribution in [0.5, 0.6) is 0 Å². The lowest BCUT2D eigenvalue weighted by Crippen LogP contribution is -2.34. The number of rotatable bonds is 4. The second kappa shape index (κ2) is 6.57. The van der Waals surface area contributed by atoms with Crippen LogP contribution in [0, 0.1) is 0 Å². The van der Waals surface area contributed by atoms with Crippen molar-refractivity contribution in [3.8, 4) is 11.3 Å². The van der Waals surface area contributed by atoms with Gasteiger partial charge >= 0.3 is 0 Å². The molecule has 0 saturated heterocycles. The molecule has 1 aromatic heterocycles. The quantitative estimate of drug-likeness (QED) is 0.822. The highest BCUT2D eigenvalue weighted by Crippen LogP contribution is 2.26. The third kappa shape index (κ3) is 4.47. The van der Waals surface area contributed by atoms with Crippen molar-refractivity contribution in [3.05, 3.63) is 46.6 Å². The molecule has 0 aliphatic carbocycles. The molecular weight excluding hydrogens is 342 g/mol. The fraction of sp³-hybridized carbons (Fsp3) is 0.267. The summed E-state index contributed by atoms with van der Waals surface area (Å²) >= 11 is 3.41. The van der Waals surface area contributed by atoms with Gasteiger partial charge in [0.05, 0.1) is 0 Å². The molecule has 2 aromatic rings. The largest absolute Gasteiger partial charge is 0.453 e. The van der Waals surface area contributed by atoms with Gasteiger partial charge in [0.25, 0.3) is 0 Å². The van der Waals surface area contributed by atoms with E-state index in [4.69, 9.17) is 10.2 Å². The van der Waals surface area contributed by atoms with Crippen molar-refractivity contribution < 1.29 is 9.21 Å². The molecule has 0 radical (unpaired) electrons. The summed E-state index contributed by atoms with van der Waals surface area (Å²) in [6, 6.07) is 11.2. The van der Waals surface area contributed by atoms with Gasteiger partial charge in [0, 0.05) is 22.0 Å². The fourth-order valence-electron chi connectivity index (χ4n) is 1.79. The topological polar surface area (TPSA) is 56.2 Å². The lowest BCUT2D eigenvalue weighted by Gasteiger charge is -2.15. The molecule has 0 fully saturated rings. The average molecular weight is 359 g/mol. The Balaban J connectivity index is 0.00000200. The van der Waals surface area contributed by atoms with Crippen LogP contribution in [0.3, 0.4) is 0 Å². The van der Waals surface area contributed by atoms with Crippen LogP contribution >= 0.6 is 28.3 Å². The summed E-state index contributed by atoms with van der Waals surface area (Å²) in [5, 5.41) is 0. The first-order valence-electron chi connectivity index (χ1n) is 6.03. The highest BCUT2D eigenvalue weighted by atomic mass is 79.9. The van der Waals surface area contributed by atoms with E-state index >= 15 is 0 Å². The zero-order valence-electron chi connectivity index (χ0n) is 11.4. The predicted molar refractivity (Wildman–Crippen MR) is 86.3 cm³/mol. The molecule has 0 aliphatic heterocycles. The molecule has 0 bridgehead atoms. The van der Waals surface area contributed by atoms with E-state index in [1.807, 2.05) is 38.1 Å². The van der Waals surface area contributed by atoms with E-state index in [0.717, 1.165) is 10.0 Å². The summed E-state index contributed by atoms with van der Waals surface area (Å²) in [5.74, 6) is 0.960. The summed E-state index contributed by atoms with van der Waals surface area (Å²) in [5.41, 5.74) is 6.25. The van der Waals surface area contributed by atoms with E-state index < -0.39 is 5.54 Å². The highest BCUT2D eigenvalue weighted by molar-refractivity contribution is 9.10. The van der Waals surface area contributed by atoms with Gasteiger partial charge in [-0.25, -0.2) is 0 Å². The van der Waals surface area contributed by atoms with E-state index in [2.05, 4.69) is 15.9 Å². The van der Waals surface area contributed by atoms with Crippen molar-refractivity contribution in [1.82, 2.24) is 0 Å². The monoisotopic (exact) mass is 357 g/mol. The number of benzene rings is 1. The van der Waals surface area contributed by atoms with Gasteiger partial charge < -0.3 is 10.2 Å². The Morgan fingerprint density at radius 3 is 2.60 bits per heavy atom. The molecule has 1 aromatic carbocycles. The van der Waals surface area contributed by atoms with Gasteiger partial charge in [-0.2, -0.15) is 0 Å². The van der Waals surface area contributed by atoms with E-state index in [0.29, 0.717) is 11.5 Å². The van der Waals surface area contributed by atoms with Crippen molar-refractivity contribution >= 4 is 34.1 Å². The number of furan rings is 1. The van der Waals surface area contributed by atoms with Crippen LogP contribution in [0.15, 0.2) is 45.3 Å². The molecular formula is C15H17BrClNO2. The van der Waals surface area contributed by atoms with Gasteiger partial charge in [-0.3, -0.25) is 4.79 Å². The minimum Gasteiger partial charge on any atom is -0.453 e. The van der Waals surface area contributed by atoms with Crippen LogP contribution in [-0.2, 0) is 0 Å². The number of hydrogen-bond acceptors (Lipinski definition) is 3. The van der Waals surface area contributed by atoms with E-state index in [-0.39, 0.29) is 24.6 Å². The minimum atomic E-state index is -0.528. The molecule has 2 N–H and O–H groups in total. The highest BCUT2D eigenvalue weighted by Gasteiger charge is 2.20. The van der Waals surface area contributed by atoms with E-state index in [1.165, 1.54) is 0 Å². The second-order valence-electron chi connectivity index (χ2n) is 5.26. The Morgan fingerprint density at radius 2 is 2.00 bits per heavy atom. The van der Waals surface area contributed by atoms with Crippen molar-refractivity contribution in [2.75, 3.05) is 0 Å². The van der Waals surface area contributed by atoms with Crippen LogP contribution < -0.4 is 5.73 Å². The van der Waals surface area contributed by atoms with Gasteiger partial charge in [-0.15, -0.1) is 12.4 Å². The summed E-state index contributed by atoms with van der Waals surface area (Å²) in [6.45, 7) is 3.64.